The summed E-state index contributed by atoms with van der Waals surface area (Å²) in [6.07, 6.45) is 0. The van der Waals surface area contributed by atoms with Crippen LogP contribution in [0.2, 0.25) is 5.02 Å². The lowest BCUT2D eigenvalue weighted by Gasteiger charge is -1.97. The van der Waals surface area contributed by atoms with Crippen molar-refractivity contribution < 1.29 is 8.78 Å². The lowest BCUT2D eigenvalue weighted by molar-refractivity contribution is 0.155. The molecule has 68 valence electrons. The second-order valence-corrected chi connectivity index (χ2v) is 3.58. The van der Waals surface area contributed by atoms with Gasteiger partial charge >= 0.3 is 5.92 Å². The summed E-state index contributed by atoms with van der Waals surface area (Å²) in [5, 5.41) is 0.152. The third-order valence-corrected chi connectivity index (χ3v) is 2.56. The molecule has 1 aromatic carbocycles. The molecule has 0 aromatic heterocycles. The first-order chi connectivity index (χ1) is 6.03. The minimum absolute atomic E-state index is 0.0918. The summed E-state index contributed by atoms with van der Waals surface area (Å²) < 4.78 is 25.5. The Hall–Kier alpha value is -0.600. The van der Waals surface area contributed by atoms with Crippen molar-refractivity contribution in [3.05, 3.63) is 39.9 Å². The van der Waals surface area contributed by atoms with Crippen LogP contribution in [-0.4, -0.2) is 5.92 Å². The highest BCUT2D eigenvalue weighted by Crippen LogP contribution is 2.57. The summed E-state index contributed by atoms with van der Waals surface area (Å²) in [4.78, 5) is 0. The van der Waals surface area contributed by atoms with E-state index in [1.807, 2.05) is 0 Å². The molecular formula is C9H4Cl2F2. The van der Waals surface area contributed by atoms with Gasteiger partial charge in [-0.25, -0.2) is 0 Å². The van der Waals surface area contributed by atoms with E-state index >= 15 is 0 Å². The first-order valence-electron chi connectivity index (χ1n) is 3.58. The average molecular weight is 221 g/mol. The van der Waals surface area contributed by atoms with Gasteiger partial charge < -0.3 is 0 Å². The van der Waals surface area contributed by atoms with E-state index < -0.39 is 5.92 Å². The number of allylic oxidation sites excluding steroid dienone is 2. The molecular weight excluding hydrogens is 217 g/mol. The Morgan fingerprint density at radius 1 is 1.00 bits per heavy atom. The topological polar surface area (TPSA) is 0 Å². The Morgan fingerprint density at radius 2 is 1.46 bits per heavy atom. The quantitative estimate of drug-likeness (QED) is 0.673. The fourth-order valence-electron chi connectivity index (χ4n) is 1.13. The van der Waals surface area contributed by atoms with E-state index in [9.17, 15) is 8.78 Å². The zero-order valence-corrected chi connectivity index (χ0v) is 7.83. The number of hydrogen-bond donors (Lipinski definition) is 0. The largest absolute Gasteiger partial charge is 0.311 e. The van der Waals surface area contributed by atoms with Crippen LogP contribution in [0.1, 0.15) is 5.56 Å². The number of rotatable bonds is 1. The van der Waals surface area contributed by atoms with Crippen molar-refractivity contribution in [2.24, 2.45) is 0 Å². The molecule has 0 bridgehead atoms. The van der Waals surface area contributed by atoms with Crippen LogP contribution in [0.5, 0.6) is 0 Å². The van der Waals surface area contributed by atoms with Crippen molar-refractivity contribution in [1.82, 2.24) is 0 Å². The molecule has 0 fully saturated rings. The van der Waals surface area contributed by atoms with Gasteiger partial charge in [0.15, 0.2) is 0 Å². The molecule has 0 spiro atoms. The van der Waals surface area contributed by atoms with Gasteiger partial charge in [0, 0.05) is 5.02 Å². The molecule has 0 saturated carbocycles. The van der Waals surface area contributed by atoms with Crippen molar-refractivity contribution in [3.8, 4) is 0 Å². The van der Waals surface area contributed by atoms with Crippen LogP contribution in [0.3, 0.4) is 0 Å². The molecule has 0 unspecified atom stereocenters. The third-order valence-electron chi connectivity index (χ3n) is 1.88. The summed E-state index contributed by atoms with van der Waals surface area (Å²) in [6, 6.07) is 6.17. The zero-order valence-electron chi connectivity index (χ0n) is 6.32. The summed E-state index contributed by atoms with van der Waals surface area (Å²) in [6.45, 7) is 0. The predicted molar refractivity (Wildman–Crippen MR) is 49.2 cm³/mol. The second kappa shape index (κ2) is 2.69. The summed E-state index contributed by atoms with van der Waals surface area (Å²) >= 11 is 10.9. The van der Waals surface area contributed by atoms with Crippen LogP contribution < -0.4 is 0 Å². The van der Waals surface area contributed by atoms with Gasteiger partial charge in [0.2, 0.25) is 0 Å². The van der Waals surface area contributed by atoms with Crippen LogP contribution in [0.15, 0.2) is 29.3 Å². The van der Waals surface area contributed by atoms with Crippen LogP contribution in [0.4, 0.5) is 8.78 Å². The van der Waals surface area contributed by atoms with Crippen molar-refractivity contribution >= 4 is 28.8 Å². The first-order valence-corrected chi connectivity index (χ1v) is 4.33. The Bertz CT molecular complexity index is 379. The Labute approximate surface area is 83.8 Å². The maximum atomic E-state index is 12.7. The molecule has 1 aromatic rings. The van der Waals surface area contributed by atoms with Gasteiger partial charge in [-0.2, -0.15) is 8.78 Å². The highest BCUT2D eigenvalue weighted by atomic mass is 35.5. The fourth-order valence-corrected chi connectivity index (χ4v) is 1.53. The Balaban J connectivity index is 2.35. The van der Waals surface area contributed by atoms with Crippen molar-refractivity contribution in [2.45, 2.75) is 5.92 Å². The van der Waals surface area contributed by atoms with Crippen molar-refractivity contribution in [2.75, 3.05) is 0 Å². The smallest absolute Gasteiger partial charge is 0.195 e. The van der Waals surface area contributed by atoms with E-state index in [0.717, 1.165) is 0 Å². The molecule has 0 saturated heterocycles. The van der Waals surface area contributed by atoms with Gasteiger partial charge in [0.25, 0.3) is 0 Å². The normalized spacial score (nSPS) is 19.1. The molecule has 0 N–H and O–H groups in total. The lowest BCUT2D eigenvalue weighted by atomic mass is 10.2. The molecule has 0 atom stereocenters. The highest BCUT2D eigenvalue weighted by Gasteiger charge is 2.55. The monoisotopic (exact) mass is 220 g/mol. The molecule has 0 heterocycles. The molecule has 4 heteroatoms. The SMILES string of the molecule is FC1(F)C(Cl)=C1c1ccc(Cl)cc1. The molecule has 0 aliphatic heterocycles. The molecule has 1 aliphatic carbocycles. The van der Waals surface area contributed by atoms with Crippen LogP contribution in [-0.2, 0) is 0 Å². The number of halogens is 4. The van der Waals surface area contributed by atoms with E-state index in [1.54, 1.807) is 12.1 Å². The van der Waals surface area contributed by atoms with E-state index in [2.05, 4.69) is 0 Å². The van der Waals surface area contributed by atoms with Gasteiger partial charge in [0.05, 0.1) is 5.57 Å². The van der Waals surface area contributed by atoms with Gasteiger partial charge in [0.1, 0.15) is 5.03 Å². The Morgan fingerprint density at radius 3 is 1.85 bits per heavy atom. The molecule has 2 rings (SSSR count). The molecule has 0 nitrogen and oxygen atoms in total. The van der Waals surface area contributed by atoms with E-state index in [4.69, 9.17) is 23.2 Å². The Kier molecular flexibility index (Phi) is 1.86. The molecule has 13 heavy (non-hydrogen) atoms. The van der Waals surface area contributed by atoms with Crippen LogP contribution in [0.25, 0.3) is 5.57 Å². The average Bonchev–Trinajstić information content (AvgIpc) is 2.55. The minimum atomic E-state index is -2.92. The minimum Gasteiger partial charge on any atom is -0.195 e. The summed E-state index contributed by atoms with van der Waals surface area (Å²) in [5.74, 6) is -2.92. The number of alkyl halides is 2. The number of hydrogen-bond acceptors (Lipinski definition) is 0. The van der Waals surface area contributed by atoms with Crippen LogP contribution in [0, 0.1) is 0 Å². The standard InChI is InChI=1S/C9H4Cl2F2/c10-6-3-1-5(2-4-6)7-8(11)9(7,12)13/h1-4H. The molecule has 0 radical (unpaired) electrons. The third kappa shape index (κ3) is 1.34. The fraction of sp³-hybridized carbons (Fsp3) is 0.111. The lowest BCUT2D eigenvalue weighted by Crippen LogP contribution is -1.94. The maximum absolute atomic E-state index is 12.7. The molecule has 1 aliphatic rings. The van der Waals surface area contributed by atoms with E-state index in [1.165, 1.54) is 12.1 Å². The number of benzene rings is 1. The molecule has 0 amide bonds. The van der Waals surface area contributed by atoms with Gasteiger partial charge in [-0.05, 0) is 17.7 Å². The highest BCUT2D eigenvalue weighted by molar-refractivity contribution is 6.40. The zero-order chi connectivity index (χ0) is 9.64. The van der Waals surface area contributed by atoms with Gasteiger partial charge in [-0.1, -0.05) is 35.3 Å². The van der Waals surface area contributed by atoms with E-state index in [0.29, 0.717) is 10.6 Å². The van der Waals surface area contributed by atoms with Gasteiger partial charge in [-0.3, -0.25) is 0 Å². The second-order valence-electron chi connectivity index (χ2n) is 2.77. The van der Waals surface area contributed by atoms with E-state index in [-0.39, 0.29) is 10.6 Å². The predicted octanol–water partition coefficient (Wildman–Crippen LogP) is 3.94. The van der Waals surface area contributed by atoms with Crippen molar-refractivity contribution in [1.29, 1.82) is 0 Å². The summed E-state index contributed by atoms with van der Waals surface area (Å²) in [5.41, 5.74) is 0.338. The first kappa shape index (κ1) is 8.97. The van der Waals surface area contributed by atoms with Gasteiger partial charge in [-0.15, -0.1) is 0 Å². The van der Waals surface area contributed by atoms with Crippen molar-refractivity contribution in [3.63, 3.8) is 0 Å². The van der Waals surface area contributed by atoms with Crippen LogP contribution >= 0.6 is 23.2 Å². The maximum Gasteiger partial charge on any atom is 0.311 e. The summed E-state index contributed by atoms with van der Waals surface area (Å²) in [7, 11) is 0.